The van der Waals surface area contributed by atoms with Crippen LogP contribution in [-0.4, -0.2) is 59.8 Å². The fraction of sp³-hybridized carbons (Fsp3) is 0.265. The van der Waals surface area contributed by atoms with E-state index < -0.39 is 0 Å². The van der Waals surface area contributed by atoms with Crippen LogP contribution >= 0.6 is 47.8 Å². The quantitative estimate of drug-likeness (QED) is 0.0883. The topological polar surface area (TPSA) is 102 Å². The van der Waals surface area contributed by atoms with Gasteiger partial charge in [0.1, 0.15) is 0 Å². The summed E-state index contributed by atoms with van der Waals surface area (Å²) in [7, 11) is 0. The van der Waals surface area contributed by atoms with Crippen molar-refractivity contribution in [3.8, 4) is 0 Å². The number of nitrogens with zero attached hydrogens (tertiary/aromatic N) is 1. The number of aromatic amines is 1. The van der Waals surface area contributed by atoms with Crippen LogP contribution in [0.5, 0.6) is 0 Å². The van der Waals surface area contributed by atoms with E-state index in [9.17, 15) is 14.4 Å². The minimum atomic E-state index is 0.0983. The zero-order chi connectivity index (χ0) is 32.6. The highest BCUT2D eigenvalue weighted by Crippen LogP contribution is 2.29. The van der Waals surface area contributed by atoms with Crippen LogP contribution in [0.3, 0.4) is 0 Å². The number of halogens is 3. The van der Waals surface area contributed by atoms with Gasteiger partial charge in [-0.25, -0.2) is 0 Å². The summed E-state index contributed by atoms with van der Waals surface area (Å²) in [5.41, 5.74) is 5.50. The van der Waals surface area contributed by atoms with Crippen molar-refractivity contribution in [2.75, 3.05) is 37.1 Å². The molecule has 3 heterocycles. The van der Waals surface area contributed by atoms with Gasteiger partial charge in [-0.3, -0.25) is 14.4 Å². The number of rotatable bonds is 9. The average Bonchev–Trinajstić information content (AvgIpc) is 3.69. The van der Waals surface area contributed by atoms with Gasteiger partial charge in [0.15, 0.2) is 12.6 Å². The number of aromatic nitrogens is 2. The third kappa shape index (κ3) is 10.2. The number of nitrogens with one attached hydrogen (secondary N) is 2. The van der Waals surface area contributed by atoms with Crippen molar-refractivity contribution < 1.29 is 23.9 Å². The largest absolute Gasteiger partial charge is 0.381 e. The lowest BCUT2D eigenvalue weighted by Gasteiger charge is -2.07. The Balaban J connectivity index is 0.000000174. The maximum Gasteiger partial charge on any atom is 0.228 e. The molecule has 0 bridgehead atoms. The second-order valence-corrected chi connectivity index (χ2v) is 11.8. The van der Waals surface area contributed by atoms with Gasteiger partial charge in [-0.1, -0.05) is 70.5 Å². The zero-order valence-corrected chi connectivity index (χ0v) is 29.9. The molecule has 6 rings (SSSR count). The third-order valence-corrected chi connectivity index (χ3v) is 8.41. The first-order valence-corrected chi connectivity index (χ1v) is 17.1. The highest BCUT2D eigenvalue weighted by molar-refractivity contribution is 9.10. The Labute approximate surface area is 288 Å². The van der Waals surface area contributed by atoms with Gasteiger partial charge >= 0.3 is 0 Å². The van der Waals surface area contributed by atoms with Crippen LogP contribution in [0.4, 0.5) is 5.69 Å². The third-order valence-electron chi connectivity index (χ3n) is 6.61. The van der Waals surface area contributed by atoms with E-state index in [0.29, 0.717) is 30.8 Å². The summed E-state index contributed by atoms with van der Waals surface area (Å²) in [6.45, 7) is 7.70. The lowest BCUT2D eigenvalue weighted by atomic mass is 10.2. The number of amides is 1. The minimum absolute atomic E-state index is 0.0983. The lowest BCUT2D eigenvalue weighted by Crippen LogP contribution is -2.06. The molecule has 0 saturated carbocycles. The van der Waals surface area contributed by atoms with Gasteiger partial charge in [0, 0.05) is 52.6 Å². The molecule has 2 N–H and O–H groups in total. The molecular formula is C34H36Br3N3O5. The standard InChI is InChI=1S/C13H14BrNO2.C9H6BrNO.C8H7NO.C4H9BrO/c1-2-17-8-7-15-12-6-4-3-5-10(12)11(9-16)13(15)14;10-9-7(5-12)6-3-1-2-4-8(6)11-9;10-8-5-6-3-1-2-4-7(6)9-8;1-2-6-4-3-5/h3-6,9H,2,7-8H2,1H3;1-5,11H;1-4H,5H2,(H,9,10);2-4H2,1H3. The number of fused-ring (bicyclic) bond motifs is 3. The summed E-state index contributed by atoms with van der Waals surface area (Å²) in [4.78, 5) is 35.6. The number of carbonyl (C=O) groups is 3. The molecule has 5 aromatic rings. The summed E-state index contributed by atoms with van der Waals surface area (Å²) in [5, 5.41) is 5.64. The van der Waals surface area contributed by atoms with Crippen LogP contribution in [0.2, 0.25) is 0 Å². The Kier molecular flexibility index (Phi) is 15.7. The SMILES string of the molecule is CCOCCBr.CCOCCn1c(Br)c(C=O)c2ccccc21.O=C1Cc2ccccc2N1.O=Cc1c(Br)[nH]c2ccccc12. The second kappa shape index (κ2) is 19.4. The zero-order valence-electron chi connectivity index (χ0n) is 25.2. The number of anilines is 1. The number of H-pyrrole nitrogens is 1. The summed E-state index contributed by atoms with van der Waals surface area (Å²) >= 11 is 9.99. The van der Waals surface area contributed by atoms with E-state index in [2.05, 4.69) is 62.7 Å². The van der Waals surface area contributed by atoms with Crippen LogP contribution in [0, 0.1) is 0 Å². The van der Waals surface area contributed by atoms with E-state index in [-0.39, 0.29) is 5.91 Å². The molecule has 1 aliphatic heterocycles. The molecule has 0 fully saturated rings. The number of aldehydes is 2. The smallest absolute Gasteiger partial charge is 0.228 e. The predicted octanol–water partition coefficient (Wildman–Crippen LogP) is 8.59. The van der Waals surface area contributed by atoms with Crippen LogP contribution in [0.1, 0.15) is 40.1 Å². The van der Waals surface area contributed by atoms with Crippen LogP contribution < -0.4 is 5.32 Å². The van der Waals surface area contributed by atoms with Gasteiger partial charge < -0.3 is 24.3 Å². The summed E-state index contributed by atoms with van der Waals surface area (Å²) < 4.78 is 13.9. The Morgan fingerprint density at radius 3 is 2.09 bits per heavy atom. The van der Waals surface area contributed by atoms with Gasteiger partial charge in [-0.05, 0) is 69.5 Å². The Bertz CT molecular complexity index is 1670. The first-order valence-electron chi connectivity index (χ1n) is 14.4. The molecule has 1 aliphatic rings. The van der Waals surface area contributed by atoms with Gasteiger partial charge in [0.05, 0.1) is 40.0 Å². The molecule has 11 heteroatoms. The fourth-order valence-corrected chi connectivity index (χ4v) is 5.96. The summed E-state index contributed by atoms with van der Waals surface area (Å²) in [5.74, 6) is 0.0983. The Morgan fingerprint density at radius 2 is 1.44 bits per heavy atom. The van der Waals surface area contributed by atoms with Crippen molar-refractivity contribution in [2.45, 2.75) is 26.8 Å². The Morgan fingerprint density at radius 1 is 0.822 bits per heavy atom. The molecule has 3 aromatic carbocycles. The van der Waals surface area contributed by atoms with Crippen molar-refractivity contribution in [1.29, 1.82) is 0 Å². The molecule has 0 unspecified atom stereocenters. The van der Waals surface area contributed by atoms with Crippen LogP contribution in [-0.2, 0) is 27.2 Å². The molecular weight excluding hydrogens is 770 g/mol. The highest BCUT2D eigenvalue weighted by atomic mass is 79.9. The van der Waals surface area contributed by atoms with Crippen molar-refractivity contribution in [1.82, 2.24) is 9.55 Å². The number of ether oxygens (including phenoxy) is 2. The number of alkyl halides is 1. The van der Waals surface area contributed by atoms with E-state index in [0.717, 1.165) is 79.9 Å². The molecule has 1 amide bonds. The number of hydrogen-bond acceptors (Lipinski definition) is 5. The maximum atomic E-state index is 11.1. The molecule has 8 nitrogen and oxygen atoms in total. The normalized spacial score (nSPS) is 11.4. The fourth-order valence-electron chi connectivity index (χ4n) is 4.54. The number of hydrogen-bond donors (Lipinski definition) is 2. The monoisotopic (exact) mass is 803 g/mol. The molecule has 45 heavy (non-hydrogen) atoms. The van der Waals surface area contributed by atoms with Gasteiger partial charge in [-0.2, -0.15) is 0 Å². The molecule has 238 valence electrons. The van der Waals surface area contributed by atoms with Crippen LogP contribution in [0.25, 0.3) is 21.8 Å². The summed E-state index contributed by atoms with van der Waals surface area (Å²) in [6.07, 6.45) is 2.28. The molecule has 2 aromatic heterocycles. The second-order valence-electron chi connectivity index (χ2n) is 9.47. The van der Waals surface area contributed by atoms with Gasteiger partial charge in [-0.15, -0.1) is 0 Å². The van der Waals surface area contributed by atoms with E-state index in [4.69, 9.17) is 9.47 Å². The Hall–Kier alpha value is -3.09. The van der Waals surface area contributed by atoms with Crippen molar-refractivity contribution in [3.63, 3.8) is 0 Å². The first-order chi connectivity index (χ1) is 21.9. The lowest BCUT2D eigenvalue weighted by molar-refractivity contribution is -0.115. The number of benzene rings is 3. The average molecular weight is 806 g/mol. The van der Waals surface area contributed by atoms with Crippen molar-refractivity contribution >= 4 is 93.8 Å². The van der Waals surface area contributed by atoms with Gasteiger partial charge in [0.25, 0.3) is 0 Å². The minimum Gasteiger partial charge on any atom is -0.381 e. The summed E-state index contributed by atoms with van der Waals surface area (Å²) in [6, 6.07) is 23.3. The molecule has 0 spiro atoms. The predicted molar refractivity (Wildman–Crippen MR) is 192 cm³/mol. The van der Waals surface area contributed by atoms with Crippen molar-refractivity contribution in [2.24, 2.45) is 0 Å². The first kappa shape index (κ1) is 36.4. The molecule has 0 aliphatic carbocycles. The number of carbonyl (C=O) groups excluding carboxylic acids is 3. The van der Waals surface area contributed by atoms with Crippen LogP contribution in [0.15, 0.2) is 82.0 Å². The number of para-hydroxylation sites is 3. The molecule has 0 radical (unpaired) electrons. The molecule has 0 atom stereocenters. The maximum absolute atomic E-state index is 11.1. The van der Waals surface area contributed by atoms with E-state index >= 15 is 0 Å². The van der Waals surface area contributed by atoms with E-state index in [1.54, 1.807) is 0 Å². The van der Waals surface area contributed by atoms with Gasteiger partial charge in [0.2, 0.25) is 5.91 Å². The van der Waals surface area contributed by atoms with E-state index in [1.165, 1.54) is 0 Å². The highest BCUT2D eigenvalue weighted by Gasteiger charge is 2.15. The van der Waals surface area contributed by atoms with E-state index in [1.807, 2.05) is 86.6 Å². The van der Waals surface area contributed by atoms with Crippen molar-refractivity contribution in [3.05, 3.63) is 98.7 Å². The molecule has 0 saturated heterocycles.